The van der Waals surface area contributed by atoms with Crippen LogP contribution in [0.3, 0.4) is 0 Å². The van der Waals surface area contributed by atoms with Crippen LogP contribution in [0, 0.1) is 5.92 Å². The van der Waals surface area contributed by atoms with Gasteiger partial charge in [-0.05, 0) is 63.2 Å². The Hall–Kier alpha value is -6.08. The number of nitrogens with one attached hydrogen (secondary N) is 5. The Labute approximate surface area is 330 Å². The highest BCUT2D eigenvalue weighted by Gasteiger charge is 2.61. The van der Waals surface area contributed by atoms with E-state index in [1.807, 2.05) is 105 Å². The zero-order valence-electron chi connectivity index (χ0n) is 30.7. The molecule has 1 unspecified atom stereocenters. The number of aromatic amines is 1. The minimum Gasteiger partial charge on any atom is -0.469 e. The normalized spacial score (nSPS) is 20.5. The Kier molecular flexibility index (Phi) is 9.03. The average molecular weight is 816 g/mol. The Morgan fingerprint density at radius 1 is 1.00 bits per heavy atom. The van der Waals surface area contributed by atoms with Gasteiger partial charge in [0.1, 0.15) is 29.9 Å². The van der Waals surface area contributed by atoms with E-state index in [4.69, 9.17) is 18.9 Å². The number of fused-ring (bicyclic) bond motifs is 5. The van der Waals surface area contributed by atoms with Gasteiger partial charge in [-0.25, -0.2) is 9.78 Å². The number of hydrogen-bond acceptors (Lipinski definition) is 8. The van der Waals surface area contributed by atoms with E-state index in [0.717, 1.165) is 48.9 Å². The topological polar surface area (TPSA) is 160 Å². The lowest BCUT2D eigenvalue weighted by Gasteiger charge is -2.28. The molecule has 4 atom stereocenters. The van der Waals surface area contributed by atoms with Gasteiger partial charge in [0, 0.05) is 45.7 Å². The van der Waals surface area contributed by atoms with Gasteiger partial charge < -0.3 is 40.1 Å². The first-order valence-corrected chi connectivity index (χ1v) is 19.5. The molecule has 3 amide bonds. The van der Waals surface area contributed by atoms with Crippen molar-refractivity contribution in [2.24, 2.45) is 5.92 Å². The summed E-state index contributed by atoms with van der Waals surface area (Å²) in [6.45, 7) is 4.25. The van der Waals surface area contributed by atoms with Gasteiger partial charge in [-0.3, -0.25) is 9.59 Å². The molecule has 56 heavy (non-hydrogen) atoms. The molecule has 12 nitrogen and oxygen atoms in total. The van der Waals surface area contributed by atoms with E-state index in [0.29, 0.717) is 24.5 Å². The van der Waals surface area contributed by atoms with Crippen molar-refractivity contribution in [3.8, 4) is 5.75 Å². The fourth-order valence-corrected chi connectivity index (χ4v) is 8.61. The van der Waals surface area contributed by atoms with Gasteiger partial charge in [0.25, 0.3) is 5.91 Å². The predicted molar refractivity (Wildman–Crippen MR) is 212 cm³/mol. The quantitative estimate of drug-likeness (QED) is 0.110. The number of alkyl carbamates (subject to hydrolysis) is 1. The average Bonchev–Trinajstić information content (AvgIpc) is 3.97. The first-order valence-electron chi connectivity index (χ1n) is 18.7. The maximum Gasteiger partial charge on any atom is 0.408 e. The van der Waals surface area contributed by atoms with Crippen LogP contribution in [0.2, 0.25) is 0 Å². The molecule has 0 saturated carbocycles. The van der Waals surface area contributed by atoms with Crippen LogP contribution in [0.4, 0.5) is 10.5 Å². The molecule has 9 rings (SSSR count). The molecule has 3 aliphatic rings. The zero-order valence-corrected chi connectivity index (χ0v) is 32.2. The number of aromatic nitrogens is 2. The van der Waals surface area contributed by atoms with Crippen LogP contribution in [0.1, 0.15) is 69.8 Å². The van der Waals surface area contributed by atoms with E-state index >= 15 is 0 Å². The Morgan fingerprint density at radius 2 is 1.82 bits per heavy atom. The largest absolute Gasteiger partial charge is 0.469 e. The Morgan fingerprint density at radius 3 is 2.66 bits per heavy atom. The number of carbonyl (C=O) groups is 3. The molecule has 4 aromatic carbocycles. The molecule has 4 bridgehead atoms. The molecule has 6 aromatic rings. The number of amides is 3. The zero-order chi connectivity index (χ0) is 38.6. The van der Waals surface area contributed by atoms with Crippen LogP contribution in [0.25, 0.3) is 10.9 Å². The molecule has 1 spiro atoms. The third-order valence-electron chi connectivity index (χ3n) is 10.9. The van der Waals surface area contributed by atoms with Gasteiger partial charge in [-0.2, -0.15) is 0 Å². The van der Waals surface area contributed by atoms with Crippen LogP contribution in [0.15, 0.2) is 106 Å². The fraction of sp³-hybridized carbons (Fsp3) is 0.256. The lowest BCUT2D eigenvalue weighted by Crippen LogP contribution is -2.49. The van der Waals surface area contributed by atoms with Crippen LogP contribution < -0.4 is 26.0 Å². The van der Waals surface area contributed by atoms with E-state index in [1.165, 1.54) is 0 Å². The van der Waals surface area contributed by atoms with Crippen molar-refractivity contribution in [2.75, 3.05) is 11.9 Å². The molecule has 0 saturated heterocycles. The summed E-state index contributed by atoms with van der Waals surface area (Å²) < 4.78 is 19.9. The van der Waals surface area contributed by atoms with Crippen molar-refractivity contribution in [1.82, 2.24) is 25.9 Å². The molecule has 0 aliphatic carbocycles. The molecule has 3 aliphatic heterocycles. The van der Waals surface area contributed by atoms with Gasteiger partial charge in [-0.1, -0.05) is 86.6 Å². The Bertz CT molecular complexity index is 2500. The van der Waals surface area contributed by atoms with Crippen LogP contribution >= 0.6 is 15.9 Å². The number of nitrogens with zero attached hydrogens (tertiary/aromatic N) is 1. The number of oxazole rings is 1. The van der Waals surface area contributed by atoms with Crippen molar-refractivity contribution in [3.05, 3.63) is 147 Å². The van der Waals surface area contributed by atoms with E-state index in [2.05, 4.69) is 48.2 Å². The summed E-state index contributed by atoms with van der Waals surface area (Å²) in [5.41, 5.74) is 5.01. The van der Waals surface area contributed by atoms with Gasteiger partial charge in [0.05, 0.1) is 5.69 Å². The van der Waals surface area contributed by atoms with Gasteiger partial charge in [-0.15, -0.1) is 0 Å². The lowest BCUT2D eigenvalue weighted by atomic mass is 9.72. The standard InChI is InChI=1S/C43H39BrN6O6/c1-23(2)34-40-49-36(39(52)45-18-17-26-21-46-31-14-7-6-11-27(26)31)37(56-40)43-28-12-8-13-30(44)35(28)50-41(43)55-33-16-15-25(19-29(33)43)20-32(38(51)48-34)47-42(53)54-22-24-9-4-3-5-10-24/h3-16,19,21,23,32,34,41,46,50H,17-18,20,22H2,1-2H3,(H,45,52)(H,47,53)(H,48,51)/t32-,34-,41?,43-/m0/s1. The molecular weight excluding hydrogens is 776 g/mol. The van der Waals surface area contributed by atoms with E-state index in [9.17, 15) is 14.4 Å². The molecule has 0 radical (unpaired) electrons. The van der Waals surface area contributed by atoms with Gasteiger partial charge in [0.15, 0.2) is 17.7 Å². The highest BCUT2D eigenvalue weighted by atomic mass is 79.9. The number of halogens is 1. The number of ether oxygens (including phenoxy) is 2. The number of benzene rings is 4. The van der Waals surface area contributed by atoms with Crippen molar-refractivity contribution in [2.45, 2.75) is 57.0 Å². The van der Waals surface area contributed by atoms with Crippen LogP contribution in [-0.4, -0.2) is 46.7 Å². The monoisotopic (exact) mass is 814 g/mol. The first-order chi connectivity index (χ1) is 27.2. The first kappa shape index (κ1) is 35.6. The smallest absolute Gasteiger partial charge is 0.408 e. The molecule has 2 aromatic heterocycles. The predicted octanol–water partition coefficient (Wildman–Crippen LogP) is 7.03. The maximum atomic E-state index is 14.5. The van der Waals surface area contributed by atoms with E-state index in [-0.39, 0.29) is 30.5 Å². The SMILES string of the molecule is CC(C)[C@@H]1NC(=O)[C@@H](NC(=O)OCc2ccccc2)Cc2ccc3c(c2)[C@@]2(c4cccc(Br)c4NC2O3)c2oc1nc2C(=O)NCCc1c[nH]c2ccccc12. The maximum absolute atomic E-state index is 14.5. The van der Waals surface area contributed by atoms with Crippen molar-refractivity contribution in [1.29, 1.82) is 0 Å². The van der Waals surface area contributed by atoms with Crippen molar-refractivity contribution < 1.29 is 28.3 Å². The minimum atomic E-state index is -1.15. The molecule has 5 N–H and O–H groups in total. The fourth-order valence-electron chi connectivity index (χ4n) is 8.13. The summed E-state index contributed by atoms with van der Waals surface area (Å²) >= 11 is 3.73. The second kappa shape index (κ2) is 14.2. The molecular formula is C43H39BrN6O6. The number of H-pyrrole nitrogens is 1. The number of hydrogen-bond donors (Lipinski definition) is 5. The molecule has 5 heterocycles. The van der Waals surface area contributed by atoms with Crippen molar-refractivity contribution in [3.63, 3.8) is 0 Å². The summed E-state index contributed by atoms with van der Waals surface area (Å²) in [5, 5.41) is 13.7. The summed E-state index contributed by atoms with van der Waals surface area (Å²) in [6, 6.07) is 27.2. The van der Waals surface area contributed by atoms with E-state index < -0.39 is 41.6 Å². The molecule has 13 heteroatoms. The van der Waals surface area contributed by atoms with Gasteiger partial charge in [0.2, 0.25) is 11.8 Å². The van der Waals surface area contributed by atoms with E-state index in [1.54, 1.807) is 0 Å². The highest BCUT2D eigenvalue weighted by Crippen LogP contribution is 2.59. The van der Waals surface area contributed by atoms with Crippen LogP contribution in [0.5, 0.6) is 5.75 Å². The summed E-state index contributed by atoms with van der Waals surface area (Å²) in [4.78, 5) is 50.1. The van der Waals surface area contributed by atoms with Crippen molar-refractivity contribution >= 4 is 50.4 Å². The second-order valence-corrected chi connectivity index (χ2v) is 15.6. The summed E-state index contributed by atoms with van der Waals surface area (Å²) in [5.74, 6) is -0.0259. The van der Waals surface area contributed by atoms with Gasteiger partial charge >= 0.3 is 6.09 Å². The summed E-state index contributed by atoms with van der Waals surface area (Å²) in [6.07, 6.45) is 1.27. The summed E-state index contributed by atoms with van der Waals surface area (Å²) in [7, 11) is 0. The highest BCUT2D eigenvalue weighted by molar-refractivity contribution is 9.10. The third kappa shape index (κ3) is 6.06. The number of rotatable bonds is 8. The molecule has 0 fully saturated rings. The molecule has 284 valence electrons. The van der Waals surface area contributed by atoms with Crippen LogP contribution in [-0.2, 0) is 34.4 Å². The Balaban J connectivity index is 1.13. The minimum absolute atomic E-state index is 0.0450. The third-order valence-corrected chi connectivity index (χ3v) is 11.5. The number of anilines is 1. The lowest BCUT2D eigenvalue weighted by molar-refractivity contribution is -0.124. The second-order valence-electron chi connectivity index (χ2n) is 14.7. The number of carbonyl (C=O) groups excluding carboxylic acids is 3. The number of para-hydroxylation sites is 2.